The summed E-state index contributed by atoms with van der Waals surface area (Å²) < 4.78 is 20.7. The van der Waals surface area contributed by atoms with Gasteiger partial charge in [-0.25, -0.2) is 4.79 Å². The molecular formula is C21H22O11. The van der Waals surface area contributed by atoms with Gasteiger partial charge in [0.05, 0.1) is 6.26 Å². The Morgan fingerprint density at radius 2 is 1.78 bits per heavy atom. The van der Waals surface area contributed by atoms with E-state index in [9.17, 15) is 35.1 Å². The van der Waals surface area contributed by atoms with Crippen LogP contribution in [0, 0.1) is 0 Å². The summed E-state index contributed by atoms with van der Waals surface area (Å²) in [6.45, 7) is -1.17. The van der Waals surface area contributed by atoms with Gasteiger partial charge in [-0.15, -0.1) is 0 Å². The van der Waals surface area contributed by atoms with Crippen LogP contribution in [0.15, 0.2) is 51.9 Å². The van der Waals surface area contributed by atoms with E-state index in [1.165, 1.54) is 18.2 Å². The Balaban J connectivity index is 1.64. The minimum Gasteiger partial charge on any atom is -0.508 e. The molecule has 3 rings (SSSR count). The Hall–Kier alpha value is -3.22. The molecule has 0 saturated carbocycles. The first-order valence-electron chi connectivity index (χ1n) is 9.52. The second kappa shape index (κ2) is 10.4. The summed E-state index contributed by atoms with van der Waals surface area (Å²) in [5, 5.41) is 49.0. The summed E-state index contributed by atoms with van der Waals surface area (Å²) in [4.78, 5) is 24.0. The molecule has 0 bridgehead atoms. The van der Waals surface area contributed by atoms with Crippen molar-refractivity contribution in [3.05, 3.63) is 64.2 Å². The molecule has 5 atom stereocenters. The molecule has 0 spiro atoms. The Labute approximate surface area is 181 Å². The summed E-state index contributed by atoms with van der Waals surface area (Å²) in [5.74, 6) is -1.37. The summed E-state index contributed by atoms with van der Waals surface area (Å²) in [6, 6.07) is 7.06. The van der Waals surface area contributed by atoms with E-state index < -0.39 is 61.1 Å². The lowest BCUT2D eigenvalue weighted by atomic mass is 9.99. The number of carbonyl (C=O) groups excluding carboxylic acids is 1. The molecular weight excluding hydrogens is 428 g/mol. The molecule has 1 saturated heterocycles. The average molecular weight is 450 g/mol. The Morgan fingerprint density at radius 1 is 1.06 bits per heavy atom. The van der Waals surface area contributed by atoms with E-state index in [2.05, 4.69) is 0 Å². The third-order valence-corrected chi connectivity index (χ3v) is 4.65. The van der Waals surface area contributed by atoms with E-state index in [1.807, 2.05) is 0 Å². The molecule has 1 aromatic heterocycles. The first-order valence-corrected chi connectivity index (χ1v) is 9.52. The highest BCUT2D eigenvalue weighted by molar-refractivity contribution is 5.87. The van der Waals surface area contributed by atoms with Crippen molar-refractivity contribution in [3.63, 3.8) is 0 Å². The Bertz CT molecular complexity index is 998. The molecule has 2 aromatic rings. The molecule has 32 heavy (non-hydrogen) atoms. The van der Waals surface area contributed by atoms with Gasteiger partial charge in [0.25, 0.3) is 0 Å². The van der Waals surface area contributed by atoms with Crippen molar-refractivity contribution in [2.24, 2.45) is 0 Å². The molecule has 1 aromatic carbocycles. The highest BCUT2D eigenvalue weighted by atomic mass is 16.7. The van der Waals surface area contributed by atoms with Gasteiger partial charge in [-0.1, -0.05) is 12.1 Å². The highest BCUT2D eigenvalue weighted by Gasteiger charge is 2.46. The summed E-state index contributed by atoms with van der Waals surface area (Å²) in [7, 11) is 0. The molecule has 172 valence electrons. The minimum absolute atomic E-state index is 0.0741. The lowest BCUT2D eigenvalue weighted by Gasteiger charge is -2.39. The maximum absolute atomic E-state index is 12.0. The number of ether oxygens (including phenoxy) is 3. The van der Waals surface area contributed by atoms with Crippen LogP contribution in [0.4, 0.5) is 0 Å². The summed E-state index contributed by atoms with van der Waals surface area (Å²) >= 11 is 0. The first kappa shape index (κ1) is 23.4. The number of hydrogen-bond acceptors (Lipinski definition) is 11. The number of phenolic OH excluding ortho intramolecular Hbond substituents is 1. The molecule has 1 fully saturated rings. The molecule has 11 nitrogen and oxygen atoms in total. The van der Waals surface area contributed by atoms with Crippen LogP contribution in [0.5, 0.6) is 11.5 Å². The second-order valence-corrected chi connectivity index (χ2v) is 6.88. The molecule has 2 heterocycles. The van der Waals surface area contributed by atoms with Crippen LogP contribution in [-0.2, 0) is 20.9 Å². The maximum Gasteiger partial charge on any atom is 0.330 e. The van der Waals surface area contributed by atoms with Gasteiger partial charge < -0.3 is 44.2 Å². The lowest BCUT2D eigenvalue weighted by Crippen LogP contribution is -2.60. The van der Waals surface area contributed by atoms with Crippen LogP contribution >= 0.6 is 0 Å². The van der Waals surface area contributed by atoms with Gasteiger partial charge in [-0.05, 0) is 23.8 Å². The fourth-order valence-corrected chi connectivity index (χ4v) is 2.91. The number of benzene rings is 1. The Kier molecular flexibility index (Phi) is 7.62. The lowest BCUT2D eigenvalue weighted by molar-refractivity contribution is -0.278. The largest absolute Gasteiger partial charge is 0.508 e. The van der Waals surface area contributed by atoms with E-state index in [4.69, 9.17) is 18.6 Å². The van der Waals surface area contributed by atoms with E-state index in [-0.39, 0.29) is 11.5 Å². The number of aromatic hydroxyl groups is 1. The first-order chi connectivity index (χ1) is 15.3. The average Bonchev–Trinajstić information content (AvgIpc) is 2.79. The van der Waals surface area contributed by atoms with Crippen LogP contribution in [-0.4, -0.2) is 68.8 Å². The normalized spacial score (nSPS) is 25.6. The predicted octanol–water partition coefficient (Wildman–Crippen LogP) is -0.719. The number of rotatable bonds is 7. The number of aliphatic hydroxyl groups excluding tert-OH is 4. The standard InChI is InChI=1S/C21H22O11/c22-9-14-20(13(24)7-8-29-14)32-21-19(28)18(27)17(26)15(31-21)10-30-16(25)6-3-11-1-4-12(23)5-2-11/h1-8,15,17-19,21-23,26-28H,9-10H2. The van der Waals surface area contributed by atoms with Crippen LogP contribution in [0.1, 0.15) is 11.3 Å². The number of aliphatic hydroxyl groups is 4. The molecule has 11 heteroatoms. The van der Waals surface area contributed by atoms with Gasteiger partial charge in [-0.3, -0.25) is 4.79 Å². The molecule has 0 amide bonds. The molecule has 5 N–H and O–H groups in total. The van der Waals surface area contributed by atoms with Crippen molar-refractivity contribution < 1.29 is 49.0 Å². The third kappa shape index (κ3) is 5.52. The molecule has 0 aliphatic carbocycles. The third-order valence-electron chi connectivity index (χ3n) is 4.65. The van der Waals surface area contributed by atoms with Gasteiger partial charge in [-0.2, -0.15) is 0 Å². The second-order valence-electron chi connectivity index (χ2n) is 6.88. The summed E-state index contributed by atoms with van der Waals surface area (Å²) in [6.07, 6.45) is -4.43. The van der Waals surface area contributed by atoms with Crippen molar-refractivity contribution in [1.29, 1.82) is 0 Å². The fourth-order valence-electron chi connectivity index (χ4n) is 2.91. The summed E-state index contributed by atoms with van der Waals surface area (Å²) in [5.41, 5.74) is -0.0406. The van der Waals surface area contributed by atoms with Gasteiger partial charge in [0, 0.05) is 12.1 Å². The predicted molar refractivity (Wildman–Crippen MR) is 106 cm³/mol. The van der Waals surface area contributed by atoms with Crippen molar-refractivity contribution in [1.82, 2.24) is 0 Å². The molecule has 0 radical (unpaired) electrons. The maximum atomic E-state index is 12.0. The monoisotopic (exact) mass is 450 g/mol. The smallest absolute Gasteiger partial charge is 0.330 e. The zero-order chi connectivity index (χ0) is 23.3. The van der Waals surface area contributed by atoms with Crippen molar-refractivity contribution in [2.45, 2.75) is 37.3 Å². The van der Waals surface area contributed by atoms with Crippen LogP contribution < -0.4 is 10.2 Å². The van der Waals surface area contributed by atoms with E-state index in [0.717, 1.165) is 18.4 Å². The number of phenols is 1. The number of esters is 1. The van der Waals surface area contributed by atoms with Crippen molar-refractivity contribution >= 4 is 12.0 Å². The zero-order valence-electron chi connectivity index (χ0n) is 16.6. The van der Waals surface area contributed by atoms with Gasteiger partial charge in [0.1, 0.15) is 43.4 Å². The SMILES string of the molecule is O=C(C=Cc1ccc(O)cc1)OCC1OC(Oc2c(CO)occc2=O)C(O)C(O)C1O. The number of hydrogen-bond donors (Lipinski definition) is 5. The zero-order valence-corrected chi connectivity index (χ0v) is 16.6. The minimum atomic E-state index is -1.75. The van der Waals surface area contributed by atoms with Gasteiger partial charge in [0.15, 0.2) is 5.76 Å². The van der Waals surface area contributed by atoms with E-state index >= 15 is 0 Å². The van der Waals surface area contributed by atoms with Crippen LogP contribution in [0.3, 0.4) is 0 Å². The van der Waals surface area contributed by atoms with Crippen LogP contribution in [0.25, 0.3) is 6.08 Å². The topological polar surface area (TPSA) is 176 Å². The van der Waals surface area contributed by atoms with E-state index in [0.29, 0.717) is 5.56 Å². The highest BCUT2D eigenvalue weighted by Crippen LogP contribution is 2.25. The van der Waals surface area contributed by atoms with Gasteiger partial charge in [0.2, 0.25) is 17.5 Å². The quantitative estimate of drug-likeness (QED) is 0.266. The molecule has 1 aliphatic heterocycles. The Morgan fingerprint density at radius 3 is 2.47 bits per heavy atom. The van der Waals surface area contributed by atoms with Crippen LogP contribution in [0.2, 0.25) is 0 Å². The van der Waals surface area contributed by atoms with Crippen molar-refractivity contribution in [2.75, 3.05) is 6.61 Å². The number of carbonyl (C=O) groups is 1. The molecule has 1 aliphatic rings. The van der Waals surface area contributed by atoms with E-state index in [1.54, 1.807) is 12.1 Å². The van der Waals surface area contributed by atoms with Crippen molar-refractivity contribution in [3.8, 4) is 11.5 Å². The van der Waals surface area contributed by atoms with Gasteiger partial charge >= 0.3 is 5.97 Å². The fraction of sp³-hybridized carbons (Fsp3) is 0.333. The molecule has 5 unspecified atom stereocenters.